The first kappa shape index (κ1) is 23.2. The fourth-order valence-corrected chi connectivity index (χ4v) is 5.16. The van der Waals surface area contributed by atoms with Gasteiger partial charge in [0.2, 0.25) is 0 Å². The molecule has 4 heteroatoms. The number of carbonyl (C=O) groups is 2. The zero-order chi connectivity index (χ0) is 20.8. The second kappa shape index (κ2) is 10.6. The second-order valence-electron chi connectivity index (χ2n) is 10.2. The van der Waals surface area contributed by atoms with Crippen LogP contribution in [0.5, 0.6) is 0 Å². The molecule has 0 bridgehead atoms. The van der Waals surface area contributed by atoms with Crippen molar-refractivity contribution in [3.63, 3.8) is 0 Å². The van der Waals surface area contributed by atoms with E-state index in [1.54, 1.807) is 0 Å². The largest absolute Gasteiger partial charge is 0.462 e. The highest BCUT2D eigenvalue weighted by molar-refractivity contribution is 5.77. The minimum Gasteiger partial charge on any atom is -0.462 e. The summed E-state index contributed by atoms with van der Waals surface area (Å²) >= 11 is 0. The summed E-state index contributed by atoms with van der Waals surface area (Å²) in [7, 11) is 0. The Kier molecular flexibility index (Phi) is 8.82. The fraction of sp³-hybridized carbons (Fsp3) is 0.917. The molecule has 0 radical (unpaired) electrons. The van der Waals surface area contributed by atoms with E-state index in [0.29, 0.717) is 35.5 Å². The van der Waals surface area contributed by atoms with Crippen LogP contribution >= 0.6 is 0 Å². The summed E-state index contributed by atoms with van der Waals surface area (Å²) in [4.78, 5) is 24.8. The van der Waals surface area contributed by atoms with Crippen molar-refractivity contribution in [2.24, 2.45) is 35.5 Å². The molecule has 0 amide bonds. The summed E-state index contributed by atoms with van der Waals surface area (Å²) in [5.74, 6) is 2.58. The molecule has 0 aliphatic heterocycles. The Balaban J connectivity index is 1.80. The van der Waals surface area contributed by atoms with Crippen LogP contribution in [0.2, 0.25) is 0 Å². The van der Waals surface area contributed by atoms with Crippen molar-refractivity contribution in [2.75, 3.05) is 0 Å². The van der Waals surface area contributed by atoms with E-state index in [1.165, 1.54) is 12.8 Å². The molecule has 6 atom stereocenters. The van der Waals surface area contributed by atoms with Crippen LogP contribution < -0.4 is 0 Å². The molecule has 0 aromatic carbocycles. The molecule has 28 heavy (non-hydrogen) atoms. The molecule has 0 aromatic heterocycles. The summed E-state index contributed by atoms with van der Waals surface area (Å²) in [6, 6.07) is 0. The predicted molar refractivity (Wildman–Crippen MR) is 112 cm³/mol. The lowest BCUT2D eigenvalue weighted by molar-refractivity contribution is -0.163. The predicted octanol–water partition coefficient (Wildman–Crippen LogP) is 5.77. The standard InChI is InChI=1S/C24H42O4/c1-15(2)19-9-7-17(5)13-21(19)27-23(25)11-12-24(26)28-22-14-18(6)8-10-20(22)16(3)4/h15-22H,7-14H2,1-6H3/t17-,18-,19-,20-,21-,22+/m0/s1. The van der Waals surface area contributed by atoms with E-state index in [9.17, 15) is 9.59 Å². The molecule has 2 rings (SSSR count). The molecular weight excluding hydrogens is 352 g/mol. The first-order chi connectivity index (χ1) is 13.2. The summed E-state index contributed by atoms with van der Waals surface area (Å²) < 4.78 is 11.6. The van der Waals surface area contributed by atoms with E-state index >= 15 is 0 Å². The van der Waals surface area contributed by atoms with Crippen molar-refractivity contribution < 1.29 is 19.1 Å². The Hall–Kier alpha value is -1.06. The lowest BCUT2D eigenvalue weighted by atomic mass is 9.75. The molecule has 0 unspecified atom stereocenters. The molecule has 2 aliphatic carbocycles. The van der Waals surface area contributed by atoms with Crippen LogP contribution in [0.4, 0.5) is 0 Å². The van der Waals surface area contributed by atoms with Crippen molar-refractivity contribution in [1.29, 1.82) is 0 Å². The van der Waals surface area contributed by atoms with Crippen LogP contribution in [0.1, 0.15) is 92.9 Å². The van der Waals surface area contributed by atoms with E-state index in [4.69, 9.17) is 9.47 Å². The topological polar surface area (TPSA) is 52.6 Å². The molecule has 0 aromatic rings. The lowest BCUT2D eigenvalue weighted by Crippen LogP contribution is -2.36. The molecule has 0 heterocycles. The van der Waals surface area contributed by atoms with Gasteiger partial charge in [-0.25, -0.2) is 0 Å². The van der Waals surface area contributed by atoms with E-state index in [0.717, 1.165) is 25.7 Å². The van der Waals surface area contributed by atoms with E-state index < -0.39 is 0 Å². The number of rotatable bonds is 7. The zero-order valence-electron chi connectivity index (χ0n) is 18.9. The highest BCUT2D eigenvalue weighted by Gasteiger charge is 2.35. The van der Waals surface area contributed by atoms with Crippen LogP contribution in [0.15, 0.2) is 0 Å². The molecule has 4 nitrogen and oxygen atoms in total. The molecular formula is C24H42O4. The van der Waals surface area contributed by atoms with E-state index in [1.807, 2.05) is 0 Å². The van der Waals surface area contributed by atoms with Gasteiger partial charge >= 0.3 is 11.9 Å². The average molecular weight is 395 g/mol. The average Bonchev–Trinajstić information content (AvgIpc) is 2.59. The Labute approximate surface area is 172 Å². The van der Waals surface area contributed by atoms with Gasteiger partial charge in [0.1, 0.15) is 12.2 Å². The van der Waals surface area contributed by atoms with Crippen molar-refractivity contribution in [2.45, 2.75) is 105 Å². The maximum absolute atomic E-state index is 12.4. The van der Waals surface area contributed by atoms with Crippen LogP contribution in [-0.2, 0) is 19.1 Å². The van der Waals surface area contributed by atoms with Crippen LogP contribution in [0, 0.1) is 35.5 Å². The molecule has 0 N–H and O–H groups in total. The van der Waals surface area contributed by atoms with Gasteiger partial charge in [-0.15, -0.1) is 0 Å². The van der Waals surface area contributed by atoms with Crippen molar-refractivity contribution in [3.05, 3.63) is 0 Å². The number of esters is 2. The number of carbonyl (C=O) groups excluding carboxylic acids is 2. The second-order valence-corrected chi connectivity index (χ2v) is 10.2. The van der Waals surface area contributed by atoms with Gasteiger partial charge in [0, 0.05) is 0 Å². The molecule has 162 valence electrons. The third kappa shape index (κ3) is 6.77. The Morgan fingerprint density at radius 1 is 0.714 bits per heavy atom. The molecule has 2 aliphatic rings. The van der Waals surface area contributed by atoms with Gasteiger partial charge in [0.05, 0.1) is 12.8 Å². The van der Waals surface area contributed by atoms with Crippen molar-refractivity contribution in [3.8, 4) is 0 Å². The maximum Gasteiger partial charge on any atom is 0.306 e. The van der Waals surface area contributed by atoms with Crippen molar-refractivity contribution >= 4 is 11.9 Å². The van der Waals surface area contributed by atoms with E-state index in [2.05, 4.69) is 41.5 Å². The smallest absolute Gasteiger partial charge is 0.306 e. The summed E-state index contributed by atoms with van der Waals surface area (Å²) in [5, 5.41) is 0. The van der Waals surface area contributed by atoms with E-state index in [-0.39, 0.29) is 37.0 Å². The molecule has 2 fully saturated rings. The minimum atomic E-state index is -0.251. The number of hydrogen-bond acceptors (Lipinski definition) is 4. The first-order valence-electron chi connectivity index (χ1n) is 11.6. The van der Waals surface area contributed by atoms with Crippen LogP contribution in [-0.4, -0.2) is 24.1 Å². The lowest BCUT2D eigenvalue weighted by Gasteiger charge is -2.37. The number of hydrogen-bond donors (Lipinski definition) is 0. The van der Waals surface area contributed by atoms with Crippen LogP contribution in [0.25, 0.3) is 0 Å². The van der Waals surface area contributed by atoms with Gasteiger partial charge in [0.25, 0.3) is 0 Å². The van der Waals surface area contributed by atoms with Gasteiger partial charge in [-0.05, 0) is 61.2 Å². The van der Waals surface area contributed by atoms with Gasteiger partial charge in [-0.2, -0.15) is 0 Å². The highest BCUT2D eigenvalue weighted by Crippen LogP contribution is 2.36. The van der Waals surface area contributed by atoms with Gasteiger partial charge in [0.15, 0.2) is 0 Å². The Bertz CT molecular complexity index is 467. The molecule has 2 saturated carbocycles. The van der Waals surface area contributed by atoms with Crippen molar-refractivity contribution in [1.82, 2.24) is 0 Å². The Morgan fingerprint density at radius 2 is 1.07 bits per heavy atom. The summed E-state index contributed by atoms with van der Waals surface area (Å²) in [6.07, 6.45) is 6.79. The number of ether oxygens (including phenoxy) is 2. The molecule has 0 spiro atoms. The monoisotopic (exact) mass is 394 g/mol. The maximum atomic E-state index is 12.4. The quantitative estimate of drug-likeness (QED) is 0.514. The highest BCUT2D eigenvalue weighted by atomic mass is 16.6. The first-order valence-corrected chi connectivity index (χ1v) is 11.6. The fourth-order valence-electron chi connectivity index (χ4n) is 5.16. The van der Waals surface area contributed by atoms with Gasteiger partial charge < -0.3 is 9.47 Å². The normalized spacial score (nSPS) is 33.7. The van der Waals surface area contributed by atoms with Gasteiger partial charge in [-0.3, -0.25) is 9.59 Å². The third-order valence-corrected chi connectivity index (χ3v) is 7.02. The Morgan fingerprint density at radius 3 is 1.39 bits per heavy atom. The summed E-state index contributed by atoms with van der Waals surface area (Å²) in [5.41, 5.74) is 0. The SMILES string of the molecule is CC(C)[C@@H]1CC[C@H](C)C[C@@H]1OC(=O)CCC(=O)O[C@@H]1C[C@@H](C)CC[C@H]1C(C)C. The van der Waals surface area contributed by atoms with Gasteiger partial charge in [-0.1, -0.05) is 54.4 Å². The minimum absolute atomic E-state index is 0.00298. The zero-order valence-corrected chi connectivity index (χ0v) is 18.9. The molecule has 0 saturated heterocycles. The van der Waals surface area contributed by atoms with Crippen LogP contribution in [0.3, 0.4) is 0 Å². The summed E-state index contributed by atoms with van der Waals surface area (Å²) in [6.45, 7) is 13.3. The third-order valence-electron chi connectivity index (χ3n) is 7.02.